The topological polar surface area (TPSA) is 78.0 Å². The average Bonchev–Trinajstić information content (AvgIpc) is 2.90. The van der Waals surface area contributed by atoms with Crippen LogP contribution in [0.1, 0.15) is 15.9 Å². The minimum Gasteiger partial charge on any atom is -0.289 e. The Morgan fingerprint density at radius 1 is 1.33 bits per heavy atom. The van der Waals surface area contributed by atoms with Gasteiger partial charge in [-0.1, -0.05) is 24.3 Å². The Kier molecular flexibility index (Phi) is 4.40. The molecule has 106 valence electrons. The molecule has 0 atom stereocenters. The number of aryl methyl sites for hydroxylation is 1. The molecule has 0 fully saturated rings. The number of carbonyl (C=O) groups excluding carboxylic acids is 1. The molecule has 0 bridgehead atoms. The van der Waals surface area contributed by atoms with Crippen molar-refractivity contribution >= 4 is 17.5 Å². The van der Waals surface area contributed by atoms with E-state index in [1.165, 1.54) is 18.3 Å². The van der Waals surface area contributed by atoms with Crippen molar-refractivity contribution < 1.29 is 9.72 Å². The largest absolute Gasteiger partial charge is 0.289 e. The summed E-state index contributed by atoms with van der Waals surface area (Å²) in [4.78, 5) is 22.2. The molecule has 2 rings (SSSR count). The number of hydrogen-bond acceptors (Lipinski definition) is 4. The van der Waals surface area contributed by atoms with E-state index in [0.717, 1.165) is 0 Å². The fourth-order valence-corrected chi connectivity index (χ4v) is 1.74. The maximum Gasteiger partial charge on any atom is 0.276 e. The van der Waals surface area contributed by atoms with Crippen LogP contribution in [0.2, 0.25) is 0 Å². The predicted octanol–water partition coefficient (Wildman–Crippen LogP) is 2.78. The van der Waals surface area contributed by atoms with Gasteiger partial charge in [0.15, 0.2) is 5.78 Å². The Morgan fingerprint density at radius 2 is 2.10 bits per heavy atom. The van der Waals surface area contributed by atoms with Gasteiger partial charge in [-0.25, -0.2) is 0 Å². The molecular formula is C15H13N3O3. The number of hydrogen-bond donors (Lipinski definition) is 0. The van der Waals surface area contributed by atoms with Crippen LogP contribution in [-0.2, 0) is 7.05 Å². The van der Waals surface area contributed by atoms with Gasteiger partial charge in [-0.05, 0) is 18.2 Å². The zero-order valence-electron chi connectivity index (χ0n) is 11.3. The second kappa shape index (κ2) is 6.42. The normalized spacial score (nSPS) is 11.3. The van der Waals surface area contributed by atoms with Crippen LogP contribution in [0.4, 0.5) is 5.69 Å². The van der Waals surface area contributed by atoms with Gasteiger partial charge in [-0.15, -0.1) is 0 Å². The van der Waals surface area contributed by atoms with Crippen LogP contribution in [-0.4, -0.2) is 20.5 Å². The number of nitro benzene ring substituents is 1. The molecule has 0 amide bonds. The molecule has 0 unspecified atom stereocenters. The van der Waals surface area contributed by atoms with Gasteiger partial charge < -0.3 is 0 Å². The molecule has 0 aliphatic rings. The van der Waals surface area contributed by atoms with E-state index in [1.54, 1.807) is 54.4 Å². The first-order valence-corrected chi connectivity index (χ1v) is 6.19. The molecule has 2 aromatic rings. The Balaban J connectivity index is 2.07. The van der Waals surface area contributed by atoms with Crippen molar-refractivity contribution in [1.82, 2.24) is 9.78 Å². The molecule has 0 saturated carbocycles. The highest BCUT2D eigenvalue weighted by molar-refractivity contribution is 6.04. The number of carbonyl (C=O) groups is 1. The van der Waals surface area contributed by atoms with E-state index in [-0.39, 0.29) is 11.5 Å². The van der Waals surface area contributed by atoms with E-state index in [9.17, 15) is 14.9 Å². The summed E-state index contributed by atoms with van der Waals surface area (Å²) < 4.78 is 1.55. The average molecular weight is 283 g/mol. The van der Waals surface area contributed by atoms with Crippen LogP contribution in [0.3, 0.4) is 0 Å². The minimum atomic E-state index is -0.440. The summed E-state index contributed by atoms with van der Waals surface area (Å²) in [6, 6.07) is 6.41. The van der Waals surface area contributed by atoms with Crippen LogP contribution in [0.15, 0.2) is 54.9 Å². The summed E-state index contributed by atoms with van der Waals surface area (Å²) in [5.74, 6) is -0.171. The first-order chi connectivity index (χ1) is 10.1. The van der Waals surface area contributed by atoms with E-state index in [2.05, 4.69) is 5.10 Å². The highest BCUT2D eigenvalue weighted by atomic mass is 16.6. The van der Waals surface area contributed by atoms with E-state index in [4.69, 9.17) is 0 Å². The fourth-order valence-electron chi connectivity index (χ4n) is 1.74. The maximum atomic E-state index is 11.8. The Bertz CT molecular complexity index is 729. The van der Waals surface area contributed by atoms with E-state index >= 15 is 0 Å². The lowest BCUT2D eigenvalue weighted by Crippen LogP contribution is -1.91. The lowest BCUT2D eigenvalue weighted by atomic mass is 10.1. The van der Waals surface area contributed by atoms with E-state index < -0.39 is 4.92 Å². The van der Waals surface area contributed by atoms with Crippen molar-refractivity contribution in [1.29, 1.82) is 0 Å². The number of nitro groups is 1. The second-order valence-corrected chi connectivity index (χ2v) is 4.30. The smallest absolute Gasteiger partial charge is 0.276 e. The monoisotopic (exact) mass is 283 g/mol. The molecule has 1 aromatic carbocycles. The summed E-state index contributed by atoms with van der Waals surface area (Å²) in [5.41, 5.74) is 1.01. The summed E-state index contributed by atoms with van der Waals surface area (Å²) in [6.07, 6.45) is 9.23. The summed E-state index contributed by atoms with van der Waals surface area (Å²) >= 11 is 0. The molecule has 0 N–H and O–H groups in total. The van der Waals surface area contributed by atoms with Gasteiger partial charge in [0.25, 0.3) is 5.69 Å². The van der Waals surface area contributed by atoms with Crippen LogP contribution in [0.25, 0.3) is 6.08 Å². The second-order valence-electron chi connectivity index (χ2n) is 4.30. The zero-order valence-corrected chi connectivity index (χ0v) is 11.3. The molecule has 1 heterocycles. The fraction of sp³-hybridized carbons (Fsp3) is 0.0667. The van der Waals surface area contributed by atoms with Crippen molar-refractivity contribution in [3.05, 3.63) is 76.1 Å². The van der Waals surface area contributed by atoms with Crippen LogP contribution in [0.5, 0.6) is 0 Å². The van der Waals surface area contributed by atoms with E-state index in [1.807, 2.05) is 0 Å². The van der Waals surface area contributed by atoms with Crippen LogP contribution >= 0.6 is 0 Å². The van der Waals surface area contributed by atoms with Crippen molar-refractivity contribution in [3.63, 3.8) is 0 Å². The Labute approximate surface area is 121 Å². The van der Waals surface area contributed by atoms with Crippen molar-refractivity contribution in [2.45, 2.75) is 0 Å². The Morgan fingerprint density at radius 3 is 2.76 bits per heavy atom. The van der Waals surface area contributed by atoms with Crippen molar-refractivity contribution in [3.8, 4) is 0 Å². The first-order valence-electron chi connectivity index (χ1n) is 6.19. The quantitative estimate of drug-likeness (QED) is 0.278. The summed E-state index contributed by atoms with van der Waals surface area (Å²) in [7, 11) is 1.73. The first kappa shape index (κ1) is 14.4. The lowest BCUT2D eigenvalue weighted by molar-refractivity contribution is -0.385. The molecule has 21 heavy (non-hydrogen) atoms. The van der Waals surface area contributed by atoms with Gasteiger partial charge in [-0.3, -0.25) is 19.6 Å². The maximum absolute atomic E-state index is 11.8. The molecule has 0 aliphatic carbocycles. The third-order valence-corrected chi connectivity index (χ3v) is 2.76. The number of aromatic nitrogens is 2. The minimum absolute atomic E-state index is 0.0285. The predicted molar refractivity (Wildman–Crippen MR) is 78.8 cm³/mol. The number of allylic oxidation sites excluding steroid dienone is 3. The van der Waals surface area contributed by atoms with Gasteiger partial charge in [0.05, 0.1) is 22.2 Å². The number of rotatable bonds is 5. The van der Waals surface area contributed by atoms with Crippen LogP contribution in [0, 0.1) is 10.1 Å². The standard InChI is InChI=1S/C15H13N3O3/c1-17-11-13(10-16-17)15(19)9-5-3-7-12-6-2-4-8-14(12)18(20)21/h2-11H,1H3/b7-3+,9-5+. The number of benzene rings is 1. The number of ketones is 1. The number of para-hydroxylation sites is 1. The third-order valence-electron chi connectivity index (χ3n) is 2.76. The van der Waals surface area contributed by atoms with Crippen LogP contribution < -0.4 is 0 Å². The highest BCUT2D eigenvalue weighted by Crippen LogP contribution is 2.18. The molecule has 6 heteroatoms. The van der Waals surface area contributed by atoms with Crippen molar-refractivity contribution in [2.75, 3.05) is 0 Å². The SMILES string of the molecule is Cn1cc(C(=O)/C=C/C=C/c2ccccc2[N+](=O)[O-])cn1. The molecule has 0 spiro atoms. The highest BCUT2D eigenvalue weighted by Gasteiger charge is 2.08. The molecule has 6 nitrogen and oxygen atoms in total. The van der Waals surface area contributed by atoms with E-state index in [0.29, 0.717) is 11.1 Å². The molecule has 1 aromatic heterocycles. The van der Waals surface area contributed by atoms with Gasteiger partial charge in [0.1, 0.15) is 0 Å². The summed E-state index contributed by atoms with van der Waals surface area (Å²) in [5, 5.41) is 14.8. The molecule has 0 saturated heterocycles. The Hall–Kier alpha value is -3.02. The summed E-state index contributed by atoms with van der Waals surface area (Å²) in [6.45, 7) is 0. The molecular weight excluding hydrogens is 270 g/mol. The van der Waals surface area contributed by atoms with Gasteiger partial charge in [-0.2, -0.15) is 5.10 Å². The number of nitrogens with zero attached hydrogens (tertiary/aromatic N) is 3. The van der Waals surface area contributed by atoms with Gasteiger partial charge in [0.2, 0.25) is 0 Å². The molecule has 0 radical (unpaired) electrons. The third kappa shape index (κ3) is 3.73. The van der Waals surface area contributed by atoms with Crippen molar-refractivity contribution in [2.24, 2.45) is 7.05 Å². The zero-order chi connectivity index (χ0) is 15.2. The lowest BCUT2D eigenvalue weighted by Gasteiger charge is -1.95. The van der Waals surface area contributed by atoms with Gasteiger partial charge in [0, 0.05) is 19.3 Å². The molecule has 0 aliphatic heterocycles. The van der Waals surface area contributed by atoms with Gasteiger partial charge >= 0.3 is 0 Å².